The van der Waals surface area contributed by atoms with E-state index in [1.807, 2.05) is 0 Å². The first-order valence-corrected chi connectivity index (χ1v) is 6.87. The third-order valence-electron chi connectivity index (χ3n) is 5.44. The van der Waals surface area contributed by atoms with Crippen LogP contribution >= 0.6 is 0 Å². The second-order valence-electron chi connectivity index (χ2n) is 6.09. The highest BCUT2D eigenvalue weighted by Gasteiger charge is 2.61. The van der Waals surface area contributed by atoms with Crippen molar-refractivity contribution in [3.63, 3.8) is 0 Å². The zero-order chi connectivity index (χ0) is 12.9. The molecule has 1 fully saturated rings. The van der Waals surface area contributed by atoms with Crippen LogP contribution in [0.15, 0.2) is 24.3 Å². The van der Waals surface area contributed by atoms with Crippen LogP contribution in [-0.2, 0) is 4.79 Å². The van der Waals surface area contributed by atoms with Crippen molar-refractivity contribution in [2.45, 2.75) is 44.9 Å². The first-order valence-electron chi connectivity index (χ1n) is 6.87. The zero-order valence-electron chi connectivity index (χ0n) is 11.0. The van der Waals surface area contributed by atoms with Gasteiger partial charge >= 0.3 is 5.97 Å². The Morgan fingerprint density at radius 2 is 2.00 bits per heavy atom. The smallest absolute Gasteiger partial charge is 0.303 e. The van der Waals surface area contributed by atoms with Crippen LogP contribution in [0, 0.1) is 11.3 Å². The molecule has 2 aliphatic rings. The number of carboxylic acids is 1. The van der Waals surface area contributed by atoms with Crippen LogP contribution < -0.4 is 0 Å². The largest absolute Gasteiger partial charge is 0.481 e. The molecule has 2 aliphatic carbocycles. The second kappa shape index (κ2) is 3.84. The van der Waals surface area contributed by atoms with E-state index in [0.717, 1.165) is 6.42 Å². The van der Waals surface area contributed by atoms with Crippen molar-refractivity contribution >= 4 is 5.97 Å². The van der Waals surface area contributed by atoms with Gasteiger partial charge in [0.1, 0.15) is 0 Å². The minimum Gasteiger partial charge on any atom is -0.481 e. The Labute approximate surface area is 108 Å². The Morgan fingerprint density at radius 1 is 1.33 bits per heavy atom. The van der Waals surface area contributed by atoms with Gasteiger partial charge in [0.2, 0.25) is 0 Å². The Kier molecular flexibility index (Phi) is 2.51. The Bertz CT molecular complexity index is 494. The molecule has 0 radical (unpaired) electrons. The van der Waals surface area contributed by atoms with E-state index in [1.165, 1.54) is 17.5 Å². The molecule has 18 heavy (non-hydrogen) atoms. The van der Waals surface area contributed by atoms with Crippen molar-refractivity contribution in [1.82, 2.24) is 0 Å². The van der Waals surface area contributed by atoms with Gasteiger partial charge in [-0.1, -0.05) is 38.1 Å². The standard InChI is InChI=1S/C16H20O2/c1-10-11(2)16(8-7-15(17)18)9-14(16)13-6-4-3-5-12(10)13/h3-6,10-11,14H,7-9H2,1-2H3,(H,17,18)/t10-,11+,14+,16?/m0/s1. The van der Waals surface area contributed by atoms with Crippen LogP contribution in [0.2, 0.25) is 0 Å². The quantitative estimate of drug-likeness (QED) is 0.878. The van der Waals surface area contributed by atoms with Crippen LogP contribution in [0.25, 0.3) is 0 Å². The lowest BCUT2D eigenvalue weighted by molar-refractivity contribution is -0.137. The van der Waals surface area contributed by atoms with Crippen LogP contribution in [0.1, 0.15) is 56.1 Å². The lowest BCUT2D eigenvalue weighted by atomic mass is 9.68. The summed E-state index contributed by atoms with van der Waals surface area (Å²) in [6, 6.07) is 8.72. The summed E-state index contributed by atoms with van der Waals surface area (Å²) in [4.78, 5) is 10.8. The van der Waals surface area contributed by atoms with Crippen molar-refractivity contribution in [2.75, 3.05) is 0 Å². The molecule has 0 bridgehead atoms. The summed E-state index contributed by atoms with van der Waals surface area (Å²) in [6.07, 6.45) is 2.34. The average molecular weight is 244 g/mol. The third-order valence-corrected chi connectivity index (χ3v) is 5.44. The summed E-state index contributed by atoms with van der Waals surface area (Å²) in [5, 5.41) is 8.92. The Balaban J connectivity index is 1.93. The molecule has 1 saturated carbocycles. The topological polar surface area (TPSA) is 37.3 Å². The van der Waals surface area contributed by atoms with Gasteiger partial charge in [0, 0.05) is 6.42 Å². The van der Waals surface area contributed by atoms with Gasteiger partial charge in [-0.05, 0) is 47.1 Å². The third kappa shape index (κ3) is 1.51. The molecule has 0 spiro atoms. The molecular formula is C16H20O2. The molecule has 1 N–H and O–H groups in total. The zero-order valence-corrected chi connectivity index (χ0v) is 11.0. The molecule has 0 saturated heterocycles. The SMILES string of the molecule is C[C@@H]1c2ccccc2[C@H]2CC2(CCC(=O)O)[C@@H]1C. The van der Waals surface area contributed by atoms with Crippen molar-refractivity contribution in [2.24, 2.45) is 11.3 Å². The van der Waals surface area contributed by atoms with Crippen molar-refractivity contribution in [3.05, 3.63) is 35.4 Å². The Morgan fingerprint density at radius 3 is 2.67 bits per heavy atom. The second-order valence-corrected chi connectivity index (χ2v) is 6.09. The molecule has 3 rings (SSSR count). The Hall–Kier alpha value is -1.31. The summed E-state index contributed by atoms with van der Waals surface area (Å²) in [6.45, 7) is 4.60. The maximum absolute atomic E-state index is 10.8. The fourth-order valence-corrected chi connectivity index (χ4v) is 4.10. The molecule has 1 aromatic carbocycles. The normalized spacial score (nSPS) is 36.7. The minimum atomic E-state index is -0.659. The number of carbonyl (C=O) groups is 1. The van der Waals surface area contributed by atoms with E-state index in [0.29, 0.717) is 24.2 Å². The molecule has 1 aromatic rings. The molecule has 2 nitrogen and oxygen atoms in total. The van der Waals surface area contributed by atoms with Crippen LogP contribution in [0.4, 0.5) is 0 Å². The van der Waals surface area contributed by atoms with E-state index >= 15 is 0 Å². The molecule has 1 unspecified atom stereocenters. The highest BCUT2D eigenvalue weighted by Crippen LogP contribution is 2.72. The maximum Gasteiger partial charge on any atom is 0.303 e. The molecule has 0 aromatic heterocycles. The highest BCUT2D eigenvalue weighted by molar-refractivity contribution is 5.67. The van der Waals surface area contributed by atoms with Gasteiger partial charge in [-0.25, -0.2) is 0 Å². The van der Waals surface area contributed by atoms with Crippen LogP contribution in [0.5, 0.6) is 0 Å². The molecule has 2 heteroatoms. The van der Waals surface area contributed by atoms with E-state index in [9.17, 15) is 4.79 Å². The highest BCUT2D eigenvalue weighted by atomic mass is 16.4. The van der Waals surface area contributed by atoms with Crippen LogP contribution in [0.3, 0.4) is 0 Å². The lowest BCUT2D eigenvalue weighted by Crippen LogP contribution is -2.26. The van der Waals surface area contributed by atoms with Gasteiger partial charge in [-0.15, -0.1) is 0 Å². The lowest BCUT2D eigenvalue weighted by Gasteiger charge is -2.36. The van der Waals surface area contributed by atoms with Gasteiger partial charge in [-0.3, -0.25) is 4.79 Å². The monoisotopic (exact) mass is 244 g/mol. The first kappa shape index (κ1) is 11.8. The molecule has 0 heterocycles. The molecular weight excluding hydrogens is 224 g/mol. The van der Waals surface area contributed by atoms with E-state index in [2.05, 4.69) is 38.1 Å². The van der Waals surface area contributed by atoms with Gasteiger partial charge in [0.25, 0.3) is 0 Å². The van der Waals surface area contributed by atoms with Crippen molar-refractivity contribution in [1.29, 1.82) is 0 Å². The average Bonchev–Trinajstić information content (AvgIpc) is 3.10. The fraction of sp³-hybridized carbons (Fsp3) is 0.562. The molecule has 4 atom stereocenters. The van der Waals surface area contributed by atoms with Gasteiger partial charge in [0.15, 0.2) is 0 Å². The first-order chi connectivity index (χ1) is 8.56. The molecule has 0 aliphatic heterocycles. The number of benzene rings is 1. The van der Waals surface area contributed by atoms with Crippen LogP contribution in [-0.4, -0.2) is 11.1 Å². The predicted octanol–water partition coefficient (Wildman–Crippen LogP) is 3.78. The summed E-state index contributed by atoms with van der Waals surface area (Å²) >= 11 is 0. The van der Waals surface area contributed by atoms with E-state index in [-0.39, 0.29) is 5.41 Å². The van der Waals surface area contributed by atoms with Crippen molar-refractivity contribution < 1.29 is 9.90 Å². The summed E-state index contributed by atoms with van der Waals surface area (Å²) in [5.41, 5.74) is 3.23. The number of aliphatic carboxylic acids is 1. The summed E-state index contributed by atoms with van der Waals surface area (Å²) in [7, 11) is 0. The maximum atomic E-state index is 10.8. The summed E-state index contributed by atoms with van der Waals surface area (Å²) < 4.78 is 0. The number of hydrogen-bond acceptors (Lipinski definition) is 1. The number of rotatable bonds is 3. The van der Waals surface area contributed by atoms with Gasteiger partial charge in [0.05, 0.1) is 0 Å². The summed E-state index contributed by atoms with van der Waals surface area (Å²) in [5.74, 6) is 1.10. The fourth-order valence-electron chi connectivity index (χ4n) is 4.10. The predicted molar refractivity (Wildman–Crippen MR) is 70.7 cm³/mol. The van der Waals surface area contributed by atoms with E-state index < -0.39 is 5.97 Å². The molecule has 96 valence electrons. The number of hydrogen-bond donors (Lipinski definition) is 1. The van der Waals surface area contributed by atoms with E-state index in [1.54, 1.807) is 0 Å². The van der Waals surface area contributed by atoms with Gasteiger partial charge < -0.3 is 5.11 Å². The van der Waals surface area contributed by atoms with Gasteiger partial charge in [-0.2, -0.15) is 0 Å². The number of fused-ring (bicyclic) bond motifs is 3. The van der Waals surface area contributed by atoms with E-state index in [4.69, 9.17) is 5.11 Å². The number of carboxylic acid groups (broad SMARTS) is 1. The molecule has 0 amide bonds. The van der Waals surface area contributed by atoms with Crippen molar-refractivity contribution in [3.8, 4) is 0 Å². The minimum absolute atomic E-state index is 0.270.